The number of hydrogen-bond donors (Lipinski definition) is 1. The van der Waals surface area contributed by atoms with Gasteiger partial charge in [0.05, 0.1) is 18.8 Å². The van der Waals surface area contributed by atoms with Crippen molar-refractivity contribution in [1.82, 2.24) is 4.90 Å². The number of nitrogens with one attached hydrogen (secondary N) is 1. The molecular formula is C17H28N2O2. The van der Waals surface area contributed by atoms with Gasteiger partial charge in [0.2, 0.25) is 0 Å². The van der Waals surface area contributed by atoms with Crippen LogP contribution in [0, 0.1) is 0 Å². The lowest BCUT2D eigenvalue weighted by atomic mass is 10.2. The van der Waals surface area contributed by atoms with E-state index >= 15 is 0 Å². The second kappa shape index (κ2) is 8.25. The molecule has 118 valence electrons. The standard InChI is InChI=1S/C17H28N2O2/c1-4-14(3)21-16-8-6-7-15(11-16)18-12-17-13-19(5-2)9-10-20-17/h6-8,11,14,17-18H,4-5,9-10,12-13H2,1-3H3. The second-order valence-corrected chi connectivity index (χ2v) is 5.63. The van der Waals surface area contributed by atoms with E-state index in [0.717, 1.165) is 50.6 Å². The molecule has 2 unspecified atom stereocenters. The Morgan fingerprint density at radius 2 is 2.29 bits per heavy atom. The molecule has 0 spiro atoms. The van der Waals surface area contributed by atoms with Crippen molar-refractivity contribution in [3.8, 4) is 5.75 Å². The molecule has 1 saturated heterocycles. The molecule has 1 N–H and O–H groups in total. The molecule has 0 saturated carbocycles. The summed E-state index contributed by atoms with van der Waals surface area (Å²) in [5.41, 5.74) is 1.09. The van der Waals surface area contributed by atoms with Crippen molar-refractivity contribution < 1.29 is 9.47 Å². The van der Waals surface area contributed by atoms with Crippen LogP contribution in [0.4, 0.5) is 5.69 Å². The maximum Gasteiger partial charge on any atom is 0.121 e. The Bertz CT molecular complexity index is 425. The molecular weight excluding hydrogens is 264 g/mol. The van der Waals surface area contributed by atoms with E-state index in [-0.39, 0.29) is 12.2 Å². The summed E-state index contributed by atoms with van der Waals surface area (Å²) in [5, 5.41) is 3.46. The molecule has 4 heteroatoms. The summed E-state index contributed by atoms with van der Waals surface area (Å²) in [6.45, 7) is 11.2. The van der Waals surface area contributed by atoms with Crippen molar-refractivity contribution in [3.05, 3.63) is 24.3 Å². The van der Waals surface area contributed by atoms with Crippen LogP contribution < -0.4 is 10.1 Å². The number of rotatable bonds is 7. The zero-order valence-corrected chi connectivity index (χ0v) is 13.5. The van der Waals surface area contributed by atoms with Gasteiger partial charge in [-0.3, -0.25) is 4.90 Å². The Balaban J connectivity index is 1.84. The van der Waals surface area contributed by atoms with Crippen LogP contribution in [0.2, 0.25) is 0 Å². The van der Waals surface area contributed by atoms with Crippen LogP contribution in [0.5, 0.6) is 5.75 Å². The quantitative estimate of drug-likeness (QED) is 0.837. The first-order valence-electron chi connectivity index (χ1n) is 8.05. The molecule has 0 aliphatic carbocycles. The fourth-order valence-electron chi connectivity index (χ4n) is 2.42. The van der Waals surface area contributed by atoms with Crippen LogP contribution in [0.3, 0.4) is 0 Å². The van der Waals surface area contributed by atoms with E-state index in [1.807, 2.05) is 12.1 Å². The second-order valence-electron chi connectivity index (χ2n) is 5.63. The molecule has 4 nitrogen and oxygen atoms in total. The monoisotopic (exact) mass is 292 g/mol. The summed E-state index contributed by atoms with van der Waals surface area (Å²) >= 11 is 0. The smallest absolute Gasteiger partial charge is 0.121 e. The van der Waals surface area contributed by atoms with Gasteiger partial charge in [0.25, 0.3) is 0 Å². The fraction of sp³-hybridized carbons (Fsp3) is 0.647. The molecule has 21 heavy (non-hydrogen) atoms. The summed E-state index contributed by atoms with van der Waals surface area (Å²) in [4.78, 5) is 2.43. The summed E-state index contributed by atoms with van der Waals surface area (Å²) in [7, 11) is 0. The minimum absolute atomic E-state index is 0.250. The highest BCUT2D eigenvalue weighted by molar-refractivity contribution is 5.48. The van der Waals surface area contributed by atoms with Gasteiger partial charge in [0.1, 0.15) is 5.75 Å². The van der Waals surface area contributed by atoms with E-state index in [4.69, 9.17) is 9.47 Å². The van der Waals surface area contributed by atoms with E-state index in [1.165, 1.54) is 0 Å². The van der Waals surface area contributed by atoms with Gasteiger partial charge in [0.15, 0.2) is 0 Å². The van der Waals surface area contributed by atoms with Crippen molar-refractivity contribution in [1.29, 1.82) is 0 Å². The average Bonchev–Trinajstić information content (AvgIpc) is 2.53. The Morgan fingerprint density at radius 3 is 3.05 bits per heavy atom. The van der Waals surface area contributed by atoms with Crippen molar-refractivity contribution in [2.45, 2.75) is 39.4 Å². The average molecular weight is 292 g/mol. The molecule has 0 aromatic heterocycles. The number of anilines is 1. The van der Waals surface area contributed by atoms with Gasteiger partial charge in [-0.2, -0.15) is 0 Å². The number of benzene rings is 1. The predicted octanol–water partition coefficient (Wildman–Crippen LogP) is 3.00. The van der Waals surface area contributed by atoms with Crippen LogP contribution in [-0.2, 0) is 4.74 Å². The molecule has 1 aromatic carbocycles. The van der Waals surface area contributed by atoms with Crippen molar-refractivity contribution in [3.63, 3.8) is 0 Å². The number of likely N-dealkylation sites (N-methyl/N-ethyl adjacent to an activating group) is 1. The normalized spacial score (nSPS) is 21.0. The summed E-state index contributed by atoms with van der Waals surface area (Å²) < 4.78 is 11.7. The van der Waals surface area contributed by atoms with E-state index in [2.05, 4.69) is 43.1 Å². The maximum atomic E-state index is 5.85. The van der Waals surface area contributed by atoms with E-state index in [1.54, 1.807) is 0 Å². The van der Waals surface area contributed by atoms with Gasteiger partial charge < -0.3 is 14.8 Å². The molecule has 0 amide bonds. The molecule has 2 rings (SSSR count). The van der Waals surface area contributed by atoms with Crippen LogP contribution in [0.25, 0.3) is 0 Å². The molecule has 2 atom stereocenters. The Morgan fingerprint density at radius 1 is 1.43 bits per heavy atom. The highest BCUT2D eigenvalue weighted by Crippen LogP contribution is 2.19. The molecule has 1 aliphatic rings. The van der Waals surface area contributed by atoms with E-state index in [9.17, 15) is 0 Å². The molecule has 0 bridgehead atoms. The van der Waals surface area contributed by atoms with Gasteiger partial charge in [-0.05, 0) is 32.0 Å². The highest BCUT2D eigenvalue weighted by Gasteiger charge is 2.18. The van der Waals surface area contributed by atoms with Crippen LogP contribution in [0.15, 0.2) is 24.3 Å². The van der Waals surface area contributed by atoms with Crippen molar-refractivity contribution in [2.75, 3.05) is 38.1 Å². The van der Waals surface area contributed by atoms with E-state index < -0.39 is 0 Å². The van der Waals surface area contributed by atoms with Crippen molar-refractivity contribution in [2.24, 2.45) is 0 Å². The lowest BCUT2D eigenvalue weighted by Crippen LogP contribution is -2.45. The Kier molecular flexibility index (Phi) is 6.33. The predicted molar refractivity (Wildman–Crippen MR) is 87.2 cm³/mol. The Hall–Kier alpha value is -1.26. The lowest BCUT2D eigenvalue weighted by molar-refractivity contribution is -0.0191. The van der Waals surface area contributed by atoms with Gasteiger partial charge in [-0.1, -0.05) is 19.9 Å². The molecule has 1 heterocycles. The number of hydrogen-bond acceptors (Lipinski definition) is 4. The molecule has 1 aromatic rings. The molecule has 0 radical (unpaired) electrons. The first kappa shape index (κ1) is 16.1. The third kappa shape index (κ3) is 5.21. The van der Waals surface area contributed by atoms with Crippen LogP contribution in [-0.4, -0.2) is 49.9 Å². The minimum atomic E-state index is 0.250. The minimum Gasteiger partial charge on any atom is -0.491 e. The third-order valence-corrected chi connectivity index (χ3v) is 3.95. The van der Waals surface area contributed by atoms with E-state index in [0.29, 0.717) is 0 Å². The largest absolute Gasteiger partial charge is 0.491 e. The van der Waals surface area contributed by atoms with Crippen LogP contribution >= 0.6 is 0 Å². The number of ether oxygens (including phenoxy) is 2. The van der Waals surface area contributed by atoms with Crippen molar-refractivity contribution >= 4 is 5.69 Å². The van der Waals surface area contributed by atoms with Gasteiger partial charge in [-0.15, -0.1) is 0 Å². The first-order chi connectivity index (χ1) is 10.2. The molecule has 1 fully saturated rings. The fourth-order valence-corrected chi connectivity index (χ4v) is 2.42. The number of morpholine rings is 1. The summed E-state index contributed by atoms with van der Waals surface area (Å²) in [5.74, 6) is 0.925. The lowest BCUT2D eigenvalue weighted by Gasteiger charge is -2.32. The third-order valence-electron chi connectivity index (χ3n) is 3.95. The maximum absolute atomic E-state index is 5.85. The summed E-state index contributed by atoms with van der Waals surface area (Å²) in [6.07, 6.45) is 1.53. The summed E-state index contributed by atoms with van der Waals surface area (Å²) in [6, 6.07) is 8.17. The number of nitrogens with zero attached hydrogens (tertiary/aromatic N) is 1. The Labute approximate surface area is 128 Å². The highest BCUT2D eigenvalue weighted by atomic mass is 16.5. The van der Waals surface area contributed by atoms with Crippen LogP contribution in [0.1, 0.15) is 27.2 Å². The zero-order chi connectivity index (χ0) is 15.1. The first-order valence-corrected chi connectivity index (χ1v) is 8.05. The zero-order valence-electron chi connectivity index (χ0n) is 13.5. The molecule has 1 aliphatic heterocycles. The van der Waals surface area contributed by atoms with Gasteiger partial charge >= 0.3 is 0 Å². The van der Waals surface area contributed by atoms with Gasteiger partial charge in [-0.25, -0.2) is 0 Å². The topological polar surface area (TPSA) is 33.7 Å². The SMILES string of the molecule is CCC(C)Oc1cccc(NCC2CN(CC)CCO2)c1. The van der Waals surface area contributed by atoms with Gasteiger partial charge in [0, 0.05) is 31.4 Å².